The molecule has 0 aliphatic rings. The van der Waals surface area contributed by atoms with Crippen molar-refractivity contribution in [3.05, 3.63) is 95.6 Å². The first kappa shape index (κ1) is 33.6. The largest absolute Gasteiger partial charge is 0.492 e. The summed E-state index contributed by atoms with van der Waals surface area (Å²) in [5.41, 5.74) is 3.36. The molecule has 1 atom stereocenters. The highest BCUT2D eigenvalue weighted by atomic mass is 32.2. The van der Waals surface area contributed by atoms with Gasteiger partial charge in [-0.05, 0) is 55.0 Å². The molecule has 3 aromatic rings. The first-order chi connectivity index (χ1) is 20.5. The van der Waals surface area contributed by atoms with Crippen LogP contribution in [0, 0.1) is 12.8 Å². The van der Waals surface area contributed by atoms with E-state index in [0.717, 1.165) is 22.9 Å². The van der Waals surface area contributed by atoms with Crippen LogP contribution in [0.1, 0.15) is 50.3 Å². The lowest BCUT2D eigenvalue weighted by Gasteiger charge is -2.32. The lowest BCUT2D eigenvalue weighted by molar-refractivity contribution is -0.141. The minimum Gasteiger partial charge on any atom is -0.492 e. The predicted octanol–water partition coefficient (Wildman–Crippen LogP) is 5.35. The van der Waals surface area contributed by atoms with Gasteiger partial charge in [-0.1, -0.05) is 80.6 Å². The summed E-state index contributed by atoms with van der Waals surface area (Å²) in [7, 11) is -3.65. The number of anilines is 1. The summed E-state index contributed by atoms with van der Waals surface area (Å²) < 4.78 is 32.6. The molecule has 1 N–H and O–H groups in total. The summed E-state index contributed by atoms with van der Waals surface area (Å²) in [6.45, 7) is 9.13. The number of carbonyl (C=O) groups excluding carboxylic acids is 2. The minimum atomic E-state index is -3.65. The summed E-state index contributed by atoms with van der Waals surface area (Å²) in [5, 5.41) is 3.04. The lowest BCUT2D eigenvalue weighted by atomic mass is 10.0. The molecule has 3 rings (SSSR count). The molecule has 0 heterocycles. The van der Waals surface area contributed by atoms with Gasteiger partial charge in [0.05, 0.1) is 18.6 Å². The summed E-state index contributed by atoms with van der Waals surface area (Å²) in [4.78, 5) is 29.3. The fourth-order valence-corrected chi connectivity index (χ4v) is 5.84. The number of sulfonamides is 1. The fourth-order valence-electron chi connectivity index (χ4n) is 4.87. The van der Waals surface area contributed by atoms with Crippen LogP contribution in [0.25, 0.3) is 0 Å². The Kier molecular flexibility index (Phi) is 12.6. The molecule has 0 fully saturated rings. The molecule has 0 saturated heterocycles. The van der Waals surface area contributed by atoms with E-state index in [1.807, 2.05) is 82.3 Å². The van der Waals surface area contributed by atoms with Crippen LogP contribution in [0.5, 0.6) is 5.75 Å². The van der Waals surface area contributed by atoms with Crippen molar-refractivity contribution in [3.8, 4) is 5.75 Å². The van der Waals surface area contributed by atoms with Crippen molar-refractivity contribution in [3.63, 3.8) is 0 Å². The van der Waals surface area contributed by atoms with E-state index in [1.165, 1.54) is 4.31 Å². The van der Waals surface area contributed by atoms with E-state index in [2.05, 4.69) is 5.32 Å². The molecule has 0 aliphatic carbocycles. The van der Waals surface area contributed by atoms with Crippen molar-refractivity contribution in [1.29, 1.82) is 0 Å². The van der Waals surface area contributed by atoms with Crippen LogP contribution in [-0.4, -0.2) is 57.1 Å². The second-order valence-electron chi connectivity index (χ2n) is 11.1. The zero-order valence-electron chi connectivity index (χ0n) is 26.0. The van der Waals surface area contributed by atoms with Crippen LogP contribution >= 0.6 is 0 Å². The van der Waals surface area contributed by atoms with Gasteiger partial charge in [-0.25, -0.2) is 8.42 Å². The number of nitrogens with one attached hydrogen (secondary N) is 1. The average Bonchev–Trinajstić information content (AvgIpc) is 2.97. The third kappa shape index (κ3) is 10.1. The van der Waals surface area contributed by atoms with Crippen molar-refractivity contribution < 1.29 is 22.7 Å². The smallest absolute Gasteiger partial charge is 0.243 e. The van der Waals surface area contributed by atoms with E-state index < -0.39 is 16.1 Å². The number of benzene rings is 3. The van der Waals surface area contributed by atoms with Gasteiger partial charge in [-0.2, -0.15) is 0 Å². The molecule has 8 nitrogen and oxygen atoms in total. The number of hydrogen-bond acceptors (Lipinski definition) is 5. The number of rotatable bonds is 16. The molecular weight excluding hydrogens is 562 g/mol. The van der Waals surface area contributed by atoms with Gasteiger partial charge in [-0.3, -0.25) is 13.9 Å². The van der Waals surface area contributed by atoms with E-state index in [9.17, 15) is 18.0 Å². The van der Waals surface area contributed by atoms with Crippen molar-refractivity contribution >= 4 is 27.5 Å². The lowest BCUT2D eigenvalue weighted by Crippen LogP contribution is -2.51. The molecule has 1 unspecified atom stereocenters. The van der Waals surface area contributed by atoms with Crippen LogP contribution in [0.4, 0.5) is 5.69 Å². The molecule has 0 saturated carbocycles. The van der Waals surface area contributed by atoms with Crippen LogP contribution in [0.2, 0.25) is 0 Å². The minimum absolute atomic E-state index is 0.0669. The molecular formula is C34H45N3O5S. The van der Waals surface area contributed by atoms with E-state index >= 15 is 0 Å². The highest BCUT2D eigenvalue weighted by Crippen LogP contribution is 2.30. The van der Waals surface area contributed by atoms with E-state index in [4.69, 9.17) is 4.74 Å². The second-order valence-corrected chi connectivity index (χ2v) is 13.0. The molecule has 232 valence electrons. The number of ether oxygens (including phenoxy) is 1. The van der Waals surface area contributed by atoms with Gasteiger partial charge < -0.3 is 15.0 Å². The number of nitrogens with zero attached hydrogens (tertiary/aromatic N) is 2. The maximum absolute atomic E-state index is 14.0. The predicted molar refractivity (Wildman–Crippen MR) is 173 cm³/mol. The van der Waals surface area contributed by atoms with Crippen molar-refractivity contribution in [2.75, 3.05) is 30.3 Å². The Morgan fingerprint density at radius 1 is 0.930 bits per heavy atom. The maximum atomic E-state index is 14.0. The van der Waals surface area contributed by atoms with Crippen LogP contribution in [0.15, 0.2) is 78.9 Å². The summed E-state index contributed by atoms with van der Waals surface area (Å²) >= 11 is 0. The summed E-state index contributed by atoms with van der Waals surface area (Å²) in [6, 6.07) is 23.8. The number of para-hydroxylation sites is 2. The van der Waals surface area contributed by atoms with Gasteiger partial charge in [0.25, 0.3) is 0 Å². The Balaban J connectivity index is 1.90. The first-order valence-corrected chi connectivity index (χ1v) is 16.7. The van der Waals surface area contributed by atoms with Crippen molar-refractivity contribution in [2.45, 2.75) is 59.5 Å². The normalized spacial score (nSPS) is 12.0. The van der Waals surface area contributed by atoms with E-state index in [1.54, 1.807) is 29.2 Å². The molecule has 2 amide bonds. The van der Waals surface area contributed by atoms with Gasteiger partial charge in [0.15, 0.2) is 0 Å². The number of aryl methyl sites for hydroxylation is 1. The molecule has 0 bridgehead atoms. The SMILES string of the molecule is CCOc1ccccc1N(CCCC(=O)N(Cc1ccccc1C)C(Cc1ccccc1)C(=O)NCC(C)C)S(C)(=O)=O. The third-order valence-electron chi connectivity index (χ3n) is 7.14. The van der Waals surface area contributed by atoms with Gasteiger partial charge in [-0.15, -0.1) is 0 Å². The Morgan fingerprint density at radius 2 is 1.58 bits per heavy atom. The Morgan fingerprint density at radius 3 is 2.23 bits per heavy atom. The quantitative estimate of drug-likeness (QED) is 0.237. The molecule has 3 aromatic carbocycles. The van der Waals surface area contributed by atoms with Crippen LogP contribution < -0.4 is 14.4 Å². The van der Waals surface area contributed by atoms with Crippen LogP contribution in [0.3, 0.4) is 0 Å². The average molecular weight is 608 g/mol. The molecule has 9 heteroatoms. The summed E-state index contributed by atoms with van der Waals surface area (Å²) in [6.07, 6.45) is 1.84. The number of hydrogen-bond donors (Lipinski definition) is 1. The number of amides is 2. The highest BCUT2D eigenvalue weighted by molar-refractivity contribution is 7.92. The van der Waals surface area contributed by atoms with Gasteiger partial charge in [0.1, 0.15) is 11.8 Å². The number of carbonyl (C=O) groups is 2. The second kappa shape index (κ2) is 16.1. The summed E-state index contributed by atoms with van der Waals surface area (Å²) in [5.74, 6) is 0.300. The fraction of sp³-hybridized carbons (Fsp3) is 0.412. The van der Waals surface area contributed by atoms with Crippen LogP contribution in [-0.2, 0) is 32.6 Å². The molecule has 0 spiro atoms. The van der Waals surface area contributed by atoms with Crippen molar-refractivity contribution in [2.24, 2.45) is 5.92 Å². The molecule has 43 heavy (non-hydrogen) atoms. The molecule has 0 aliphatic heterocycles. The first-order valence-electron chi connectivity index (χ1n) is 14.9. The van der Waals surface area contributed by atoms with E-state index in [-0.39, 0.29) is 43.7 Å². The van der Waals surface area contributed by atoms with Gasteiger partial charge in [0, 0.05) is 32.5 Å². The Hall–Kier alpha value is -3.85. The zero-order chi connectivity index (χ0) is 31.4. The van der Waals surface area contributed by atoms with E-state index in [0.29, 0.717) is 31.0 Å². The Labute approximate surface area is 257 Å². The van der Waals surface area contributed by atoms with Crippen molar-refractivity contribution in [1.82, 2.24) is 10.2 Å². The third-order valence-corrected chi connectivity index (χ3v) is 8.32. The highest BCUT2D eigenvalue weighted by Gasteiger charge is 2.31. The van der Waals surface area contributed by atoms with Gasteiger partial charge >= 0.3 is 0 Å². The van der Waals surface area contributed by atoms with Gasteiger partial charge in [0.2, 0.25) is 21.8 Å². The molecule has 0 radical (unpaired) electrons. The zero-order valence-corrected chi connectivity index (χ0v) is 26.8. The Bertz CT molecular complexity index is 1440. The molecule has 0 aromatic heterocycles. The monoisotopic (exact) mass is 607 g/mol. The standard InChI is InChI=1S/C34H45N3O5S/c1-6-42-32-20-13-12-19-30(32)37(43(5,40)41)22-14-21-33(38)36(25-29-18-11-10-15-27(29)4)31(34(39)35-24-26(2)3)23-28-16-8-7-9-17-28/h7-13,15-20,26,31H,6,14,21-25H2,1-5H3,(H,35,39). The topological polar surface area (TPSA) is 96.0 Å². The maximum Gasteiger partial charge on any atom is 0.243 e.